The number of carbonyl (C=O) groups is 2. The van der Waals surface area contributed by atoms with Crippen LogP contribution in [0.25, 0.3) is 5.57 Å². The Labute approximate surface area is 192 Å². The predicted molar refractivity (Wildman–Crippen MR) is 116 cm³/mol. The van der Waals surface area contributed by atoms with E-state index in [-0.39, 0.29) is 23.5 Å². The second-order valence-electron chi connectivity index (χ2n) is 7.16. The number of carbonyl (C=O) groups excluding carboxylic acids is 2. The molecule has 0 spiro atoms. The lowest BCUT2D eigenvalue weighted by Gasteiger charge is -2.15. The lowest BCUT2D eigenvalue weighted by Crippen LogP contribution is -2.32. The summed E-state index contributed by atoms with van der Waals surface area (Å²) in [6.45, 7) is -0.0549. The fraction of sp³-hybridized carbons (Fsp3) is 0.125. The predicted octanol–water partition coefficient (Wildman–Crippen LogP) is 4.38. The second-order valence-corrected chi connectivity index (χ2v) is 7.16. The van der Waals surface area contributed by atoms with Crippen molar-refractivity contribution in [1.82, 2.24) is 9.88 Å². The van der Waals surface area contributed by atoms with Gasteiger partial charge in [-0.15, -0.1) is 13.2 Å². The van der Waals surface area contributed by atoms with Crippen LogP contribution >= 0.6 is 0 Å². The van der Waals surface area contributed by atoms with Gasteiger partial charge in [-0.05, 0) is 42.5 Å². The molecule has 2 heterocycles. The zero-order valence-corrected chi connectivity index (χ0v) is 17.8. The minimum atomic E-state index is -4.83. The number of alkyl halides is 3. The first-order chi connectivity index (χ1) is 16.3. The maximum absolute atomic E-state index is 13.4. The van der Waals surface area contributed by atoms with Crippen LogP contribution in [0.15, 0.2) is 78.6 Å². The first-order valence-corrected chi connectivity index (χ1v) is 10.0. The first kappa shape index (κ1) is 22.8. The van der Waals surface area contributed by atoms with Crippen molar-refractivity contribution >= 4 is 23.1 Å². The van der Waals surface area contributed by atoms with Gasteiger partial charge in [-0.25, -0.2) is 0 Å². The summed E-state index contributed by atoms with van der Waals surface area (Å²) in [5.74, 6) is -1.19. The Hall–Kier alpha value is -4.34. The number of anilines is 1. The molecule has 0 atom stereocenters. The Balaban J connectivity index is 1.71. The number of hydrogen-bond donors (Lipinski definition) is 1. The van der Waals surface area contributed by atoms with Crippen molar-refractivity contribution in [3.05, 3.63) is 89.9 Å². The number of methoxy groups -OCH3 is 1. The van der Waals surface area contributed by atoms with E-state index in [0.717, 1.165) is 17.0 Å². The van der Waals surface area contributed by atoms with E-state index in [1.54, 1.807) is 48.7 Å². The third-order valence-electron chi connectivity index (χ3n) is 4.95. The average Bonchev–Trinajstić information content (AvgIpc) is 3.04. The highest BCUT2D eigenvalue weighted by Gasteiger charge is 2.40. The number of hydrogen-bond acceptors (Lipinski definition) is 6. The number of imide groups is 1. The van der Waals surface area contributed by atoms with Crippen LogP contribution in [0.4, 0.5) is 18.9 Å². The summed E-state index contributed by atoms with van der Waals surface area (Å²) in [4.78, 5) is 31.9. The molecule has 0 saturated carbocycles. The molecule has 7 nitrogen and oxygen atoms in total. The minimum Gasteiger partial charge on any atom is -0.496 e. The Morgan fingerprint density at radius 3 is 2.29 bits per heavy atom. The number of benzene rings is 2. The standard InChI is InChI=1S/C24H18F3N3O4/c1-33-19-8-3-2-7-18(19)20-21(29-15-9-11-17(12-10-15)34-24(25,26)27)23(32)30(22(20)31)14-16-6-4-5-13-28-16/h2-13,29H,14H2,1H3. The highest BCUT2D eigenvalue weighted by molar-refractivity contribution is 6.36. The van der Waals surface area contributed by atoms with Crippen LogP contribution < -0.4 is 14.8 Å². The van der Waals surface area contributed by atoms with Gasteiger partial charge in [0.2, 0.25) is 0 Å². The Bertz CT molecular complexity index is 1240. The van der Waals surface area contributed by atoms with Crippen LogP contribution in [0.1, 0.15) is 11.3 Å². The van der Waals surface area contributed by atoms with Crippen LogP contribution in [0.5, 0.6) is 11.5 Å². The van der Waals surface area contributed by atoms with Crippen LogP contribution in [0, 0.1) is 0 Å². The lowest BCUT2D eigenvalue weighted by molar-refractivity contribution is -0.274. The normalized spacial score (nSPS) is 13.9. The smallest absolute Gasteiger partial charge is 0.496 e. The number of halogens is 3. The summed E-state index contributed by atoms with van der Waals surface area (Å²) < 4.78 is 46.6. The zero-order valence-electron chi connectivity index (χ0n) is 17.8. The molecule has 34 heavy (non-hydrogen) atoms. The number of amides is 2. The highest BCUT2D eigenvalue weighted by atomic mass is 19.4. The lowest BCUT2D eigenvalue weighted by atomic mass is 10.0. The number of nitrogens with one attached hydrogen (secondary N) is 1. The fourth-order valence-electron chi connectivity index (χ4n) is 3.47. The van der Waals surface area contributed by atoms with Crippen LogP contribution in [0.3, 0.4) is 0 Å². The van der Waals surface area contributed by atoms with E-state index < -0.39 is 23.9 Å². The number of para-hydroxylation sites is 1. The monoisotopic (exact) mass is 469 g/mol. The molecule has 0 aliphatic carbocycles. The van der Waals surface area contributed by atoms with Gasteiger partial charge in [0.1, 0.15) is 17.2 Å². The molecule has 0 saturated heterocycles. The minimum absolute atomic E-state index is 0.0325. The van der Waals surface area contributed by atoms with E-state index >= 15 is 0 Å². The van der Waals surface area contributed by atoms with Crippen molar-refractivity contribution in [3.8, 4) is 11.5 Å². The van der Waals surface area contributed by atoms with Gasteiger partial charge in [-0.3, -0.25) is 19.5 Å². The van der Waals surface area contributed by atoms with Crippen molar-refractivity contribution in [2.45, 2.75) is 12.9 Å². The average molecular weight is 469 g/mol. The molecule has 174 valence electrons. The van der Waals surface area contributed by atoms with Crippen LogP contribution in [0.2, 0.25) is 0 Å². The molecule has 3 aromatic rings. The van der Waals surface area contributed by atoms with Crippen molar-refractivity contribution in [3.63, 3.8) is 0 Å². The largest absolute Gasteiger partial charge is 0.573 e. The summed E-state index contributed by atoms with van der Waals surface area (Å²) in [5, 5.41) is 2.88. The molecule has 4 rings (SSSR count). The molecule has 1 aliphatic rings. The summed E-state index contributed by atoms with van der Waals surface area (Å²) in [5.41, 5.74) is 1.24. The second kappa shape index (κ2) is 9.26. The van der Waals surface area contributed by atoms with E-state index in [1.807, 2.05) is 0 Å². The molecule has 0 bridgehead atoms. The number of ether oxygens (including phenoxy) is 2. The third kappa shape index (κ3) is 4.85. The van der Waals surface area contributed by atoms with Gasteiger partial charge >= 0.3 is 6.36 Å². The Kier molecular flexibility index (Phi) is 6.22. The quantitative estimate of drug-likeness (QED) is 0.518. The van der Waals surface area contributed by atoms with Gasteiger partial charge in [0.15, 0.2) is 0 Å². The fourth-order valence-corrected chi connectivity index (χ4v) is 3.47. The number of rotatable bonds is 7. The molecule has 0 fully saturated rings. The molecule has 1 aliphatic heterocycles. The number of nitrogens with zero attached hydrogens (tertiary/aromatic N) is 2. The molecule has 10 heteroatoms. The van der Waals surface area contributed by atoms with Crippen molar-refractivity contribution < 1.29 is 32.2 Å². The van der Waals surface area contributed by atoms with Gasteiger partial charge < -0.3 is 14.8 Å². The van der Waals surface area contributed by atoms with Crippen LogP contribution in [-0.2, 0) is 16.1 Å². The van der Waals surface area contributed by atoms with E-state index in [1.165, 1.54) is 19.2 Å². The SMILES string of the molecule is COc1ccccc1C1=C(Nc2ccc(OC(F)(F)F)cc2)C(=O)N(Cc2ccccn2)C1=O. The van der Waals surface area contributed by atoms with Crippen LogP contribution in [-0.4, -0.2) is 35.2 Å². The van der Waals surface area contributed by atoms with Gasteiger partial charge in [-0.1, -0.05) is 24.3 Å². The molecular formula is C24H18F3N3O4. The van der Waals surface area contributed by atoms with Crippen molar-refractivity contribution in [1.29, 1.82) is 0 Å². The van der Waals surface area contributed by atoms with Crippen molar-refractivity contribution in [2.75, 3.05) is 12.4 Å². The van der Waals surface area contributed by atoms with Gasteiger partial charge in [-0.2, -0.15) is 0 Å². The summed E-state index contributed by atoms with van der Waals surface area (Å²) in [6.07, 6.45) is -3.27. The molecule has 0 radical (unpaired) electrons. The first-order valence-electron chi connectivity index (χ1n) is 10.0. The number of aromatic nitrogens is 1. The highest BCUT2D eigenvalue weighted by Crippen LogP contribution is 2.36. The van der Waals surface area contributed by atoms with E-state index in [4.69, 9.17) is 4.74 Å². The van der Waals surface area contributed by atoms with Gasteiger partial charge in [0, 0.05) is 17.4 Å². The summed E-state index contributed by atoms with van der Waals surface area (Å²) >= 11 is 0. The molecular weight excluding hydrogens is 451 g/mol. The van der Waals surface area contributed by atoms with E-state index in [9.17, 15) is 22.8 Å². The topological polar surface area (TPSA) is 80.8 Å². The summed E-state index contributed by atoms with van der Waals surface area (Å²) in [6, 6.07) is 16.7. The zero-order chi connectivity index (χ0) is 24.3. The molecule has 0 unspecified atom stereocenters. The number of pyridine rings is 1. The van der Waals surface area contributed by atoms with Gasteiger partial charge in [0.05, 0.1) is 24.9 Å². The van der Waals surface area contributed by atoms with Crippen molar-refractivity contribution in [2.24, 2.45) is 0 Å². The maximum atomic E-state index is 13.4. The molecule has 1 N–H and O–H groups in total. The molecule has 1 aromatic heterocycles. The molecule has 2 aromatic carbocycles. The molecule has 2 amide bonds. The Morgan fingerprint density at radius 2 is 1.65 bits per heavy atom. The third-order valence-corrected chi connectivity index (χ3v) is 4.95. The maximum Gasteiger partial charge on any atom is 0.573 e. The summed E-state index contributed by atoms with van der Waals surface area (Å²) in [7, 11) is 1.44. The van der Waals surface area contributed by atoms with E-state index in [0.29, 0.717) is 17.0 Å². The van der Waals surface area contributed by atoms with Gasteiger partial charge in [0.25, 0.3) is 11.8 Å². The van der Waals surface area contributed by atoms with E-state index in [2.05, 4.69) is 15.0 Å². The Morgan fingerprint density at radius 1 is 0.941 bits per heavy atom.